The van der Waals surface area contributed by atoms with Gasteiger partial charge in [-0.15, -0.1) is 0 Å². The fourth-order valence-electron chi connectivity index (χ4n) is 1.61. The van der Waals surface area contributed by atoms with Crippen molar-refractivity contribution in [2.45, 2.75) is 25.5 Å². The number of ether oxygens (including phenoxy) is 1. The van der Waals surface area contributed by atoms with Gasteiger partial charge < -0.3 is 10.1 Å². The first-order chi connectivity index (χ1) is 7.45. The van der Waals surface area contributed by atoms with Gasteiger partial charge in [-0.1, -0.05) is 0 Å². The first kappa shape index (κ1) is 10.2. The van der Waals surface area contributed by atoms with Crippen LogP contribution in [0.4, 0.5) is 0 Å². The molecule has 0 saturated heterocycles. The molecule has 0 amide bonds. The molecule has 2 rings (SSSR count). The van der Waals surface area contributed by atoms with Crippen LogP contribution < -0.4 is 5.32 Å². The number of nitrogens with one attached hydrogen (secondary N) is 1. The van der Waals surface area contributed by atoms with Crippen LogP contribution in [0.5, 0.6) is 0 Å². The third-order valence-electron chi connectivity index (χ3n) is 2.47. The summed E-state index contributed by atoms with van der Waals surface area (Å²) in [6, 6.07) is 4.04. The maximum Gasteiger partial charge on any atom is 0.110 e. The summed E-state index contributed by atoms with van der Waals surface area (Å²) in [6.07, 6.45) is 10.1. The molecule has 2 heterocycles. The maximum atomic E-state index is 5.46. The van der Waals surface area contributed by atoms with E-state index in [1.165, 1.54) is 5.56 Å². The van der Waals surface area contributed by atoms with E-state index in [0.717, 1.165) is 25.9 Å². The number of rotatable bonds is 4. The molecule has 1 aliphatic rings. The summed E-state index contributed by atoms with van der Waals surface area (Å²) >= 11 is 0. The Morgan fingerprint density at radius 2 is 2.27 bits per heavy atom. The molecular formula is C12H16N2O. The molecule has 0 fully saturated rings. The zero-order valence-corrected chi connectivity index (χ0v) is 8.73. The predicted octanol–water partition coefficient (Wildman–Crippen LogP) is 1.86. The Kier molecular flexibility index (Phi) is 3.74. The van der Waals surface area contributed by atoms with Crippen molar-refractivity contribution in [1.82, 2.24) is 10.3 Å². The van der Waals surface area contributed by atoms with Gasteiger partial charge in [-0.3, -0.25) is 4.98 Å². The quantitative estimate of drug-likeness (QED) is 0.813. The summed E-state index contributed by atoms with van der Waals surface area (Å²) in [5.41, 5.74) is 1.26. The van der Waals surface area contributed by atoms with Gasteiger partial charge in [0.2, 0.25) is 0 Å². The highest BCUT2D eigenvalue weighted by Gasteiger charge is 2.09. The normalized spacial score (nSPS) is 19.9. The first-order valence-electron chi connectivity index (χ1n) is 5.35. The molecule has 1 aromatic heterocycles. The second-order valence-electron chi connectivity index (χ2n) is 3.69. The third-order valence-corrected chi connectivity index (χ3v) is 2.47. The van der Waals surface area contributed by atoms with Crippen LogP contribution >= 0.6 is 0 Å². The smallest absolute Gasteiger partial charge is 0.110 e. The van der Waals surface area contributed by atoms with E-state index in [0.29, 0.717) is 6.10 Å². The van der Waals surface area contributed by atoms with Crippen molar-refractivity contribution in [3.63, 3.8) is 0 Å². The van der Waals surface area contributed by atoms with Crippen LogP contribution in [0.25, 0.3) is 0 Å². The lowest BCUT2D eigenvalue weighted by atomic mass is 10.1. The van der Waals surface area contributed by atoms with E-state index in [1.54, 1.807) is 0 Å². The number of hydrogen-bond acceptors (Lipinski definition) is 3. The second-order valence-corrected chi connectivity index (χ2v) is 3.69. The minimum Gasteiger partial charge on any atom is -0.497 e. The molecule has 1 aromatic rings. The maximum absolute atomic E-state index is 5.46. The van der Waals surface area contributed by atoms with Crippen LogP contribution in [-0.2, 0) is 11.3 Å². The first-order valence-corrected chi connectivity index (χ1v) is 5.35. The van der Waals surface area contributed by atoms with Gasteiger partial charge in [-0.25, -0.2) is 0 Å². The standard InChI is InChI=1S/C12H16N2O/c1-2-8-15-12(3-1)10-14-9-11-4-6-13-7-5-11/h2,4-8,12,14H,1,3,9-10H2. The number of hydrogen-bond donors (Lipinski definition) is 1. The Balaban J connectivity index is 1.68. The highest BCUT2D eigenvalue weighted by molar-refractivity contribution is 5.08. The van der Waals surface area contributed by atoms with Gasteiger partial charge in [0, 0.05) is 25.5 Å². The molecule has 0 saturated carbocycles. The number of allylic oxidation sites excluding steroid dienone is 1. The fourth-order valence-corrected chi connectivity index (χ4v) is 1.61. The molecule has 80 valence electrons. The van der Waals surface area contributed by atoms with Crippen LogP contribution in [0.2, 0.25) is 0 Å². The minimum atomic E-state index is 0.330. The highest BCUT2D eigenvalue weighted by atomic mass is 16.5. The van der Waals surface area contributed by atoms with E-state index in [-0.39, 0.29) is 0 Å². The van der Waals surface area contributed by atoms with Crippen molar-refractivity contribution < 1.29 is 4.74 Å². The van der Waals surface area contributed by atoms with E-state index >= 15 is 0 Å². The summed E-state index contributed by atoms with van der Waals surface area (Å²) < 4.78 is 5.46. The van der Waals surface area contributed by atoms with Gasteiger partial charge in [0.05, 0.1) is 6.26 Å². The van der Waals surface area contributed by atoms with Gasteiger partial charge in [-0.05, 0) is 36.6 Å². The Morgan fingerprint density at radius 3 is 3.00 bits per heavy atom. The van der Waals surface area contributed by atoms with Crippen LogP contribution in [0.1, 0.15) is 18.4 Å². The second kappa shape index (κ2) is 5.51. The average molecular weight is 204 g/mol. The van der Waals surface area contributed by atoms with Crippen molar-refractivity contribution in [2.75, 3.05) is 6.54 Å². The molecule has 3 nitrogen and oxygen atoms in total. The van der Waals surface area contributed by atoms with E-state index in [1.807, 2.05) is 30.8 Å². The summed E-state index contributed by atoms with van der Waals surface area (Å²) in [7, 11) is 0. The molecule has 1 N–H and O–H groups in total. The van der Waals surface area contributed by atoms with Gasteiger partial charge in [-0.2, -0.15) is 0 Å². The summed E-state index contributed by atoms with van der Waals surface area (Å²) in [4.78, 5) is 3.98. The molecule has 1 atom stereocenters. The van der Waals surface area contributed by atoms with Crippen LogP contribution in [0.3, 0.4) is 0 Å². The van der Waals surface area contributed by atoms with Gasteiger partial charge in [0.1, 0.15) is 6.10 Å². The van der Waals surface area contributed by atoms with Crippen molar-refractivity contribution in [3.05, 3.63) is 42.4 Å². The third kappa shape index (κ3) is 3.36. The van der Waals surface area contributed by atoms with Crippen molar-refractivity contribution >= 4 is 0 Å². The number of nitrogens with zero attached hydrogens (tertiary/aromatic N) is 1. The SMILES string of the molecule is C1=COC(CNCc2ccncc2)CC1. The van der Waals surface area contributed by atoms with E-state index in [2.05, 4.69) is 16.4 Å². The zero-order chi connectivity index (χ0) is 10.3. The van der Waals surface area contributed by atoms with Crippen molar-refractivity contribution in [1.29, 1.82) is 0 Å². The molecule has 0 aromatic carbocycles. The number of aromatic nitrogens is 1. The van der Waals surface area contributed by atoms with Crippen LogP contribution in [-0.4, -0.2) is 17.6 Å². The molecule has 1 unspecified atom stereocenters. The van der Waals surface area contributed by atoms with E-state index < -0.39 is 0 Å². The zero-order valence-electron chi connectivity index (χ0n) is 8.73. The topological polar surface area (TPSA) is 34.1 Å². The van der Waals surface area contributed by atoms with E-state index in [4.69, 9.17) is 4.74 Å². The van der Waals surface area contributed by atoms with Gasteiger partial charge in [0.25, 0.3) is 0 Å². The molecular weight excluding hydrogens is 188 g/mol. The van der Waals surface area contributed by atoms with Crippen molar-refractivity contribution in [3.8, 4) is 0 Å². The monoisotopic (exact) mass is 204 g/mol. The lowest BCUT2D eigenvalue weighted by Gasteiger charge is -2.19. The minimum absolute atomic E-state index is 0.330. The number of pyridine rings is 1. The predicted molar refractivity (Wildman–Crippen MR) is 59.2 cm³/mol. The Labute approximate surface area is 90.2 Å². The summed E-state index contributed by atoms with van der Waals surface area (Å²) in [5.74, 6) is 0. The van der Waals surface area contributed by atoms with E-state index in [9.17, 15) is 0 Å². The lowest BCUT2D eigenvalue weighted by Crippen LogP contribution is -2.28. The molecule has 15 heavy (non-hydrogen) atoms. The molecule has 0 radical (unpaired) electrons. The molecule has 1 aliphatic heterocycles. The molecule has 0 aliphatic carbocycles. The van der Waals surface area contributed by atoms with Crippen LogP contribution in [0, 0.1) is 0 Å². The molecule has 0 bridgehead atoms. The molecule has 3 heteroatoms. The highest BCUT2D eigenvalue weighted by Crippen LogP contribution is 2.09. The Morgan fingerprint density at radius 1 is 1.40 bits per heavy atom. The fraction of sp³-hybridized carbons (Fsp3) is 0.417. The van der Waals surface area contributed by atoms with Crippen molar-refractivity contribution in [2.24, 2.45) is 0 Å². The largest absolute Gasteiger partial charge is 0.497 e. The lowest BCUT2D eigenvalue weighted by molar-refractivity contribution is 0.122. The van der Waals surface area contributed by atoms with Crippen LogP contribution in [0.15, 0.2) is 36.9 Å². The summed E-state index contributed by atoms with van der Waals surface area (Å²) in [5, 5.41) is 3.38. The van der Waals surface area contributed by atoms with Gasteiger partial charge in [0.15, 0.2) is 0 Å². The Hall–Kier alpha value is -1.35. The average Bonchev–Trinajstić information content (AvgIpc) is 2.32. The molecule has 0 spiro atoms. The van der Waals surface area contributed by atoms with Gasteiger partial charge >= 0.3 is 0 Å². The summed E-state index contributed by atoms with van der Waals surface area (Å²) in [6.45, 7) is 1.79. The Bertz CT molecular complexity index is 311.